The molecule has 3 saturated heterocycles. The summed E-state index contributed by atoms with van der Waals surface area (Å²) in [7, 11) is -3.18. The molecule has 1 aromatic carbocycles. The van der Waals surface area contributed by atoms with Crippen LogP contribution in [0.25, 0.3) is 0 Å². The molecule has 1 amide bonds. The first-order valence-electron chi connectivity index (χ1n) is 8.80. The number of rotatable bonds is 6. The van der Waals surface area contributed by atoms with E-state index in [-0.39, 0.29) is 17.9 Å². The number of piperidine rings is 1. The Balaban J connectivity index is 1.51. The normalized spacial score (nSPS) is 24.3. The van der Waals surface area contributed by atoms with Crippen molar-refractivity contribution >= 4 is 27.7 Å². The second-order valence-corrected chi connectivity index (χ2v) is 10.1. The monoisotopic (exact) mass is 382 g/mol. The van der Waals surface area contributed by atoms with Crippen LogP contribution < -0.4 is 0 Å². The van der Waals surface area contributed by atoms with Crippen LogP contribution in [-0.4, -0.2) is 61.2 Å². The Morgan fingerprint density at radius 2 is 1.92 bits per heavy atom. The van der Waals surface area contributed by atoms with Crippen molar-refractivity contribution in [3.05, 3.63) is 35.9 Å². The second-order valence-electron chi connectivity index (χ2n) is 7.01. The summed E-state index contributed by atoms with van der Waals surface area (Å²) in [6.45, 7) is 1.72. The molecule has 5 nitrogen and oxygen atoms in total. The lowest BCUT2D eigenvalue weighted by atomic mass is 9.95. The second kappa shape index (κ2) is 8.10. The van der Waals surface area contributed by atoms with Crippen LogP contribution in [0.1, 0.15) is 24.8 Å². The molecule has 0 aromatic heterocycles. The smallest absolute Gasteiger partial charge is 0.223 e. The van der Waals surface area contributed by atoms with E-state index in [1.807, 2.05) is 23.1 Å². The van der Waals surface area contributed by atoms with E-state index < -0.39 is 10.0 Å². The van der Waals surface area contributed by atoms with Crippen LogP contribution in [0, 0.1) is 5.92 Å². The molecule has 1 aromatic rings. The van der Waals surface area contributed by atoms with Crippen molar-refractivity contribution in [2.75, 3.05) is 31.6 Å². The number of fused-ring (bicyclic) bond motifs is 4. The van der Waals surface area contributed by atoms with Crippen LogP contribution in [0.4, 0.5) is 0 Å². The van der Waals surface area contributed by atoms with Crippen molar-refractivity contribution in [1.29, 1.82) is 0 Å². The molecule has 2 atom stereocenters. The Bertz CT molecular complexity index is 694. The molecular formula is C18H26N2O3S2. The molecule has 0 spiro atoms. The molecular weight excluding hydrogens is 356 g/mol. The first-order chi connectivity index (χ1) is 11.9. The molecule has 138 valence electrons. The first kappa shape index (κ1) is 18.7. The van der Waals surface area contributed by atoms with E-state index in [9.17, 15) is 13.2 Å². The Morgan fingerprint density at radius 1 is 1.16 bits per heavy atom. The van der Waals surface area contributed by atoms with Gasteiger partial charge in [0, 0.05) is 43.6 Å². The molecule has 2 bridgehead atoms. The zero-order valence-corrected chi connectivity index (χ0v) is 16.3. The molecule has 0 aliphatic carbocycles. The van der Waals surface area contributed by atoms with Gasteiger partial charge in [0.1, 0.15) is 0 Å². The summed E-state index contributed by atoms with van der Waals surface area (Å²) in [6.07, 6.45) is 3.73. The summed E-state index contributed by atoms with van der Waals surface area (Å²) in [5.74, 6) is 2.17. The Labute approximate surface area is 154 Å². The molecule has 3 heterocycles. The van der Waals surface area contributed by atoms with Gasteiger partial charge in [0.2, 0.25) is 15.9 Å². The summed E-state index contributed by atoms with van der Waals surface area (Å²) < 4.78 is 25.4. The lowest BCUT2D eigenvalue weighted by Gasteiger charge is -2.36. The van der Waals surface area contributed by atoms with E-state index in [2.05, 4.69) is 12.1 Å². The van der Waals surface area contributed by atoms with Gasteiger partial charge in [0.05, 0.1) is 6.26 Å². The minimum atomic E-state index is -3.18. The van der Waals surface area contributed by atoms with Gasteiger partial charge in [0.15, 0.2) is 0 Å². The number of benzene rings is 1. The average molecular weight is 383 g/mol. The molecule has 0 unspecified atom stereocenters. The predicted molar refractivity (Wildman–Crippen MR) is 102 cm³/mol. The molecule has 25 heavy (non-hydrogen) atoms. The minimum absolute atomic E-state index is 0.0418. The number of amides is 1. The van der Waals surface area contributed by atoms with E-state index >= 15 is 0 Å². The molecule has 4 rings (SSSR count). The Morgan fingerprint density at radius 3 is 2.64 bits per heavy atom. The minimum Gasteiger partial charge on any atom is -0.338 e. The SMILES string of the molecule is CS(=O)(=O)N1C[C@@H]2CC[C@H](C1)N(C(=O)CCSCc1ccccc1)C2. The van der Waals surface area contributed by atoms with E-state index in [4.69, 9.17) is 0 Å². The van der Waals surface area contributed by atoms with Crippen LogP contribution in [0.5, 0.6) is 0 Å². The molecule has 7 heteroatoms. The number of hydrogen-bond donors (Lipinski definition) is 0. The van der Waals surface area contributed by atoms with Gasteiger partial charge >= 0.3 is 0 Å². The van der Waals surface area contributed by atoms with Gasteiger partial charge in [0.25, 0.3) is 0 Å². The van der Waals surface area contributed by atoms with Crippen LogP contribution in [-0.2, 0) is 20.6 Å². The average Bonchev–Trinajstić information content (AvgIpc) is 2.91. The summed E-state index contributed by atoms with van der Waals surface area (Å²) in [6, 6.07) is 10.3. The molecule has 0 radical (unpaired) electrons. The Kier molecular flexibility index (Phi) is 6.07. The zero-order chi connectivity index (χ0) is 17.9. The fraction of sp³-hybridized carbons (Fsp3) is 0.611. The summed E-state index contributed by atoms with van der Waals surface area (Å²) >= 11 is 1.77. The molecule has 0 N–H and O–H groups in total. The first-order valence-corrected chi connectivity index (χ1v) is 11.8. The van der Waals surface area contributed by atoms with E-state index in [1.165, 1.54) is 11.8 Å². The largest absolute Gasteiger partial charge is 0.338 e. The highest BCUT2D eigenvalue weighted by molar-refractivity contribution is 7.98. The number of carbonyl (C=O) groups excluding carboxylic acids is 1. The van der Waals surface area contributed by atoms with E-state index in [0.29, 0.717) is 26.1 Å². The molecule has 3 fully saturated rings. The van der Waals surface area contributed by atoms with E-state index in [1.54, 1.807) is 16.1 Å². The van der Waals surface area contributed by atoms with Crippen LogP contribution in [0.2, 0.25) is 0 Å². The van der Waals surface area contributed by atoms with Crippen molar-refractivity contribution in [1.82, 2.24) is 9.21 Å². The van der Waals surface area contributed by atoms with Gasteiger partial charge in [-0.15, -0.1) is 0 Å². The summed E-state index contributed by atoms with van der Waals surface area (Å²) in [4.78, 5) is 14.6. The highest BCUT2D eigenvalue weighted by atomic mass is 32.2. The van der Waals surface area contributed by atoms with Crippen LogP contribution >= 0.6 is 11.8 Å². The van der Waals surface area contributed by atoms with Crippen molar-refractivity contribution in [2.24, 2.45) is 5.92 Å². The summed E-state index contributed by atoms with van der Waals surface area (Å²) in [5.41, 5.74) is 1.28. The third kappa shape index (κ3) is 4.99. The van der Waals surface area contributed by atoms with Gasteiger partial charge in [-0.05, 0) is 24.3 Å². The van der Waals surface area contributed by atoms with Crippen molar-refractivity contribution in [3.8, 4) is 0 Å². The fourth-order valence-corrected chi connectivity index (χ4v) is 5.50. The topological polar surface area (TPSA) is 57.7 Å². The van der Waals surface area contributed by atoms with E-state index in [0.717, 1.165) is 24.3 Å². The maximum absolute atomic E-state index is 12.7. The van der Waals surface area contributed by atoms with Crippen molar-refractivity contribution < 1.29 is 13.2 Å². The number of hydrogen-bond acceptors (Lipinski definition) is 4. The lowest BCUT2D eigenvalue weighted by molar-refractivity contribution is -0.134. The quantitative estimate of drug-likeness (QED) is 0.708. The van der Waals surface area contributed by atoms with Gasteiger partial charge in [-0.25, -0.2) is 8.42 Å². The third-order valence-corrected chi connectivity index (χ3v) is 7.31. The van der Waals surface area contributed by atoms with Gasteiger partial charge < -0.3 is 4.90 Å². The van der Waals surface area contributed by atoms with Gasteiger partial charge in [-0.3, -0.25) is 4.79 Å². The predicted octanol–water partition coefficient (Wildman–Crippen LogP) is 2.19. The summed E-state index contributed by atoms with van der Waals surface area (Å²) in [5, 5.41) is 0. The van der Waals surface area contributed by atoms with Crippen LogP contribution in [0.15, 0.2) is 30.3 Å². The van der Waals surface area contributed by atoms with Crippen molar-refractivity contribution in [3.63, 3.8) is 0 Å². The lowest BCUT2D eigenvalue weighted by Crippen LogP contribution is -2.47. The number of carbonyl (C=O) groups is 1. The molecule has 3 aliphatic rings. The highest BCUT2D eigenvalue weighted by Gasteiger charge is 2.39. The van der Waals surface area contributed by atoms with Crippen LogP contribution in [0.3, 0.4) is 0 Å². The molecule has 0 saturated carbocycles. The Hall–Kier alpha value is -1.05. The standard InChI is InChI=1S/C18H26N2O3S2/c1-25(22,23)19-11-16-7-8-17(13-19)20(12-16)18(21)9-10-24-14-15-5-3-2-4-6-15/h2-6,16-17H,7-14H2,1H3/t16-,17+/m0/s1. The van der Waals surface area contributed by atoms with Gasteiger partial charge in [-0.2, -0.15) is 16.1 Å². The number of thioether (sulfide) groups is 1. The molecule has 3 aliphatic heterocycles. The highest BCUT2D eigenvalue weighted by Crippen LogP contribution is 2.29. The fourth-order valence-electron chi connectivity index (χ4n) is 3.68. The number of sulfonamides is 1. The zero-order valence-electron chi connectivity index (χ0n) is 14.6. The van der Waals surface area contributed by atoms with Gasteiger partial charge in [-0.1, -0.05) is 30.3 Å². The van der Waals surface area contributed by atoms with Crippen molar-refractivity contribution in [2.45, 2.75) is 31.1 Å². The number of nitrogens with zero attached hydrogens (tertiary/aromatic N) is 2. The third-order valence-electron chi connectivity index (χ3n) is 5.04. The maximum Gasteiger partial charge on any atom is 0.223 e. The maximum atomic E-state index is 12.7.